The highest BCUT2D eigenvalue weighted by atomic mass is 16.2. The van der Waals surface area contributed by atoms with Crippen molar-refractivity contribution in [2.45, 2.75) is 6.04 Å². The molecule has 0 aliphatic carbocycles. The Morgan fingerprint density at radius 2 is 1.74 bits per heavy atom. The molecule has 0 saturated carbocycles. The molecule has 0 N–H and O–H groups in total. The monoisotopic (exact) mass is 421 g/mol. The lowest BCUT2D eigenvalue weighted by Gasteiger charge is -2.38. The fraction of sp³-hybridized carbons (Fsp3) is 0.476. The van der Waals surface area contributed by atoms with Gasteiger partial charge in [0.2, 0.25) is 5.95 Å². The van der Waals surface area contributed by atoms with Gasteiger partial charge in [-0.3, -0.25) is 14.1 Å². The van der Waals surface area contributed by atoms with Gasteiger partial charge in [-0.15, -0.1) is 10.2 Å². The number of piperazine rings is 2. The molecule has 0 spiro atoms. The van der Waals surface area contributed by atoms with Gasteiger partial charge in [-0.05, 0) is 32.3 Å². The summed E-state index contributed by atoms with van der Waals surface area (Å²) >= 11 is 0. The van der Waals surface area contributed by atoms with E-state index in [9.17, 15) is 4.79 Å². The van der Waals surface area contributed by atoms with E-state index in [0.717, 1.165) is 56.7 Å². The minimum atomic E-state index is 0.0153. The van der Waals surface area contributed by atoms with E-state index < -0.39 is 0 Å². The fourth-order valence-electron chi connectivity index (χ4n) is 4.24. The Morgan fingerprint density at radius 3 is 2.52 bits per heavy atom. The van der Waals surface area contributed by atoms with Crippen molar-refractivity contribution in [3.05, 3.63) is 48.2 Å². The predicted octanol–water partition coefficient (Wildman–Crippen LogP) is 0.400. The van der Waals surface area contributed by atoms with Crippen molar-refractivity contribution in [1.29, 1.82) is 0 Å². The highest BCUT2D eigenvalue weighted by Gasteiger charge is 2.31. The molecule has 1 atom stereocenters. The molecule has 2 saturated heterocycles. The first-order chi connectivity index (χ1) is 15.1. The molecule has 2 aliphatic heterocycles. The Labute approximate surface area is 181 Å². The van der Waals surface area contributed by atoms with E-state index in [1.165, 1.54) is 0 Å². The van der Waals surface area contributed by atoms with Crippen LogP contribution in [0.1, 0.15) is 22.2 Å². The van der Waals surface area contributed by atoms with Crippen LogP contribution in [0.15, 0.2) is 36.8 Å². The topological polar surface area (TPSA) is 86.0 Å². The number of carbonyl (C=O) groups excluding carboxylic acids is 1. The van der Waals surface area contributed by atoms with Crippen LogP contribution < -0.4 is 4.90 Å². The number of rotatable bonds is 3. The van der Waals surface area contributed by atoms with Crippen LogP contribution in [0.2, 0.25) is 0 Å². The Balaban J connectivity index is 1.43. The smallest absolute Gasteiger partial charge is 0.255 e. The zero-order valence-electron chi connectivity index (χ0n) is 17.9. The highest BCUT2D eigenvalue weighted by Crippen LogP contribution is 2.25. The lowest BCUT2D eigenvalue weighted by Crippen LogP contribution is -2.48. The molecule has 3 aromatic heterocycles. The molecule has 1 amide bonds. The SMILES string of the molecule is CN1CCN(C(=O)c2ccc3nnc([C@H]4CN(c5ncccn5)CCN4C)n3c2)CC1. The summed E-state index contributed by atoms with van der Waals surface area (Å²) in [4.78, 5) is 30.5. The standard InChI is InChI=1S/C21H27N9O/c1-26-8-11-28(12-9-26)20(31)16-4-5-18-24-25-19(30(18)14-16)17-15-29(13-10-27(17)2)21-22-6-3-7-23-21/h3-7,14,17H,8-13,15H2,1-2H3/t17-/m1/s1. The number of hydrogen-bond donors (Lipinski definition) is 0. The number of amides is 1. The number of aromatic nitrogens is 5. The van der Waals surface area contributed by atoms with Gasteiger partial charge >= 0.3 is 0 Å². The van der Waals surface area contributed by atoms with Gasteiger partial charge in [-0.1, -0.05) is 0 Å². The van der Waals surface area contributed by atoms with Crippen molar-refractivity contribution >= 4 is 17.5 Å². The van der Waals surface area contributed by atoms with Crippen LogP contribution in [-0.4, -0.2) is 105 Å². The molecule has 3 aromatic rings. The van der Waals surface area contributed by atoms with Crippen LogP contribution in [0.25, 0.3) is 5.65 Å². The molecule has 162 valence electrons. The number of likely N-dealkylation sites (N-methyl/N-ethyl adjacent to an activating group) is 2. The number of fused-ring (bicyclic) bond motifs is 1. The zero-order valence-corrected chi connectivity index (χ0v) is 17.9. The number of nitrogens with zero attached hydrogens (tertiary/aromatic N) is 9. The molecule has 10 nitrogen and oxygen atoms in total. The average molecular weight is 422 g/mol. The van der Waals surface area contributed by atoms with Gasteiger partial charge in [-0.2, -0.15) is 0 Å². The first-order valence-electron chi connectivity index (χ1n) is 10.6. The molecule has 0 aromatic carbocycles. The van der Waals surface area contributed by atoms with Crippen molar-refractivity contribution < 1.29 is 4.79 Å². The van der Waals surface area contributed by atoms with Gasteiger partial charge in [0.05, 0.1) is 11.6 Å². The van der Waals surface area contributed by atoms with Crippen LogP contribution in [0.4, 0.5) is 5.95 Å². The average Bonchev–Trinajstić information content (AvgIpc) is 3.23. The molecule has 5 rings (SSSR count). The minimum Gasteiger partial charge on any atom is -0.338 e. The van der Waals surface area contributed by atoms with Crippen molar-refractivity contribution in [2.75, 3.05) is 64.8 Å². The van der Waals surface area contributed by atoms with E-state index in [-0.39, 0.29) is 11.9 Å². The lowest BCUT2D eigenvalue weighted by molar-refractivity contribution is 0.0663. The second-order valence-corrected chi connectivity index (χ2v) is 8.29. The number of pyridine rings is 1. The number of anilines is 1. The first-order valence-corrected chi connectivity index (χ1v) is 10.6. The van der Waals surface area contributed by atoms with Crippen LogP contribution >= 0.6 is 0 Å². The highest BCUT2D eigenvalue weighted by molar-refractivity contribution is 5.94. The summed E-state index contributed by atoms with van der Waals surface area (Å²) in [5, 5.41) is 8.85. The van der Waals surface area contributed by atoms with Crippen molar-refractivity contribution in [1.82, 2.24) is 39.3 Å². The summed E-state index contributed by atoms with van der Waals surface area (Å²) in [6.07, 6.45) is 5.41. The van der Waals surface area contributed by atoms with Crippen molar-refractivity contribution in [2.24, 2.45) is 0 Å². The molecule has 0 unspecified atom stereocenters. The second kappa shape index (κ2) is 8.20. The van der Waals surface area contributed by atoms with E-state index in [2.05, 4.69) is 49.0 Å². The molecular formula is C21H27N9O. The first kappa shape index (κ1) is 19.8. The van der Waals surface area contributed by atoms with Gasteiger partial charge in [0, 0.05) is 64.4 Å². The second-order valence-electron chi connectivity index (χ2n) is 8.29. The number of hydrogen-bond acceptors (Lipinski definition) is 8. The Bertz CT molecular complexity index is 1060. The molecule has 31 heavy (non-hydrogen) atoms. The molecule has 0 bridgehead atoms. The molecule has 2 aliphatic rings. The van der Waals surface area contributed by atoms with Gasteiger partial charge in [0.1, 0.15) is 0 Å². The van der Waals surface area contributed by atoms with E-state index in [1.807, 2.05) is 33.7 Å². The summed E-state index contributed by atoms with van der Waals surface area (Å²) in [6, 6.07) is 5.56. The van der Waals surface area contributed by atoms with E-state index in [0.29, 0.717) is 12.1 Å². The van der Waals surface area contributed by atoms with E-state index >= 15 is 0 Å². The molecule has 5 heterocycles. The van der Waals surface area contributed by atoms with Gasteiger partial charge in [0.25, 0.3) is 5.91 Å². The maximum Gasteiger partial charge on any atom is 0.255 e. The van der Waals surface area contributed by atoms with Crippen LogP contribution in [0.5, 0.6) is 0 Å². The van der Waals surface area contributed by atoms with E-state index in [1.54, 1.807) is 12.4 Å². The van der Waals surface area contributed by atoms with Gasteiger partial charge in [-0.25, -0.2) is 9.97 Å². The third kappa shape index (κ3) is 3.84. The molecular weight excluding hydrogens is 394 g/mol. The van der Waals surface area contributed by atoms with Crippen LogP contribution in [0, 0.1) is 0 Å². The fourth-order valence-corrected chi connectivity index (χ4v) is 4.24. The quantitative estimate of drug-likeness (QED) is 0.601. The van der Waals surface area contributed by atoms with Crippen LogP contribution in [-0.2, 0) is 0 Å². The van der Waals surface area contributed by atoms with Gasteiger partial charge < -0.3 is 14.7 Å². The zero-order chi connectivity index (χ0) is 21.4. The van der Waals surface area contributed by atoms with Crippen molar-refractivity contribution in [3.63, 3.8) is 0 Å². The maximum atomic E-state index is 13.1. The lowest BCUT2D eigenvalue weighted by atomic mass is 10.1. The Morgan fingerprint density at radius 1 is 0.968 bits per heavy atom. The summed E-state index contributed by atoms with van der Waals surface area (Å²) in [6.45, 7) is 5.71. The maximum absolute atomic E-state index is 13.1. The summed E-state index contributed by atoms with van der Waals surface area (Å²) in [5.74, 6) is 1.61. The third-order valence-corrected chi connectivity index (χ3v) is 6.25. The van der Waals surface area contributed by atoms with Gasteiger partial charge in [0.15, 0.2) is 11.5 Å². The van der Waals surface area contributed by atoms with Crippen LogP contribution in [0.3, 0.4) is 0 Å². The molecule has 0 radical (unpaired) electrons. The predicted molar refractivity (Wildman–Crippen MR) is 116 cm³/mol. The Kier molecular flexibility index (Phi) is 5.24. The summed E-state index contributed by atoms with van der Waals surface area (Å²) in [5.41, 5.74) is 1.41. The molecule has 2 fully saturated rings. The number of carbonyl (C=O) groups is 1. The minimum absolute atomic E-state index is 0.0153. The third-order valence-electron chi connectivity index (χ3n) is 6.25. The molecule has 10 heteroatoms. The normalized spacial score (nSPS) is 21.0. The largest absolute Gasteiger partial charge is 0.338 e. The Hall–Kier alpha value is -3.11. The van der Waals surface area contributed by atoms with E-state index in [4.69, 9.17) is 0 Å². The summed E-state index contributed by atoms with van der Waals surface area (Å²) in [7, 11) is 4.18. The summed E-state index contributed by atoms with van der Waals surface area (Å²) < 4.78 is 1.96. The van der Waals surface area contributed by atoms with Crippen molar-refractivity contribution in [3.8, 4) is 0 Å².